The van der Waals surface area contributed by atoms with Crippen LogP contribution < -0.4 is 9.46 Å². The summed E-state index contributed by atoms with van der Waals surface area (Å²) in [6, 6.07) is 8.62. The van der Waals surface area contributed by atoms with Gasteiger partial charge in [-0.05, 0) is 72.6 Å². The lowest BCUT2D eigenvalue weighted by atomic mass is 10.1. The van der Waals surface area contributed by atoms with Gasteiger partial charge in [-0.25, -0.2) is 13.1 Å². The molecule has 1 aromatic carbocycles. The van der Waals surface area contributed by atoms with E-state index in [9.17, 15) is 8.42 Å². The lowest BCUT2D eigenvalue weighted by Gasteiger charge is -2.27. The van der Waals surface area contributed by atoms with Crippen LogP contribution in [0.3, 0.4) is 0 Å². The third-order valence-corrected chi connectivity index (χ3v) is 6.49. The van der Waals surface area contributed by atoms with Crippen LogP contribution in [0, 0.1) is 0 Å². The van der Waals surface area contributed by atoms with Gasteiger partial charge in [-0.3, -0.25) is 4.90 Å². The van der Waals surface area contributed by atoms with Crippen LogP contribution in [0.1, 0.15) is 24.4 Å². The molecule has 24 heavy (non-hydrogen) atoms. The number of methoxy groups -OCH3 is 1. The number of ether oxygens (including phenoxy) is 1. The minimum Gasteiger partial charge on any atom is -0.497 e. The van der Waals surface area contributed by atoms with Crippen LogP contribution in [-0.2, 0) is 10.0 Å². The van der Waals surface area contributed by atoms with Gasteiger partial charge in [0.2, 0.25) is 10.0 Å². The fraction of sp³-hybridized carbons (Fsp3) is 0.412. The van der Waals surface area contributed by atoms with Crippen molar-refractivity contribution in [3.63, 3.8) is 0 Å². The van der Waals surface area contributed by atoms with Gasteiger partial charge < -0.3 is 4.74 Å². The first-order valence-corrected chi connectivity index (χ1v) is 10.4. The molecule has 1 N–H and O–H groups in total. The van der Waals surface area contributed by atoms with E-state index in [0.717, 1.165) is 13.1 Å². The summed E-state index contributed by atoms with van der Waals surface area (Å²) >= 11 is 1.64. The monoisotopic (exact) mass is 366 g/mol. The second kappa shape index (κ2) is 7.65. The Kier molecular flexibility index (Phi) is 5.55. The number of nitrogens with zero attached hydrogens (tertiary/aromatic N) is 1. The molecule has 0 unspecified atom stereocenters. The van der Waals surface area contributed by atoms with E-state index >= 15 is 0 Å². The maximum atomic E-state index is 12.6. The Hall–Kier alpha value is -1.41. The molecule has 1 atom stereocenters. The van der Waals surface area contributed by atoms with Crippen molar-refractivity contribution in [1.29, 1.82) is 0 Å². The summed E-state index contributed by atoms with van der Waals surface area (Å²) < 4.78 is 33.0. The minimum absolute atomic E-state index is 0.0896. The SMILES string of the molecule is COc1ccc(S(=O)(=O)NC[C@H](c2ccsc2)N2CCCC2)cc1. The standard InChI is InChI=1S/C17H22N2O3S2/c1-22-15-4-6-16(7-5-15)24(20,21)18-12-17(14-8-11-23-13-14)19-9-2-3-10-19/h4-8,11,13,17-18H,2-3,9-10,12H2,1H3/t17-/m1/s1. The average Bonchev–Trinajstić information content (AvgIpc) is 3.29. The number of hydrogen-bond donors (Lipinski definition) is 1. The number of likely N-dealkylation sites (tertiary alicyclic amines) is 1. The Balaban J connectivity index is 1.73. The molecule has 3 rings (SSSR count). The van der Waals surface area contributed by atoms with Crippen LogP contribution in [0.2, 0.25) is 0 Å². The van der Waals surface area contributed by atoms with Crippen molar-refractivity contribution >= 4 is 21.4 Å². The molecular formula is C17H22N2O3S2. The van der Waals surface area contributed by atoms with E-state index in [1.807, 2.05) is 5.38 Å². The van der Waals surface area contributed by atoms with Crippen molar-refractivity contribution in [2.75, 3.05) is 26.7 Å². The predicted molar refractivity (Wildman–Crippen MR) is 96.0 cm³/mol. The molecule has 1 aliphatic rings. The second-order valence-corrected chi connectivity index (χ2v) is 8.39. The highest BCUT2D eigenvalue weighted by Gasteiger charge is 2.25. The molecule has 1 fully saturated rings. The van der Waals surface area contributed by atoms with Gasteiger partial charge >= 0.3 is 0 Å². The first-order chi connectivity index (χ1) is 11.6. The number of benzene rings is 1. The summed E-state index contributed by atoms with van der Waals surface area (Å²) in [7, 11) is -1.97. The summed E-state index contributed by atoms with van der Waals surface area (Å²) in [5.74, 6) is 0.641. The summed E-state index contributed by atoms with van der Waals surface area (Å²) in [6.45, 7) is 2.42. The van der Waals surface area contributed by atoms with Crippen molar-refractivity contribution in [1.82, 2.24) is 9.62 Å². The molecule has 7 heteroatoms. The molecule has 0 bridgehead atoms. The Morgan fingerprint density at radius 2 is 1.92 bits per heavy atom. The van der Waals surface area contributed by atoms with Gasteiger partial charge in [0.05, 0.1) is 12.0 Å². The van der Waals surface area contributed by atoms with Gasteiger partial charge in [0.15, 0.2) is 0 Å². The topological polar surface area (TPSA) is 58.6 Å². The predicted octanol–water partition coefficient (Wildman–Crippen LogP) is 2.87. The fourth-order valence-electron chi connectivity index (χ4n) is 3.00. The van der Waals surface area contributed by atoms with E-state index in [-0.39, 0.29) is 10.9 Å². The molecule has 0 aliphatic carbocycles. The zero-order valence-corrected chi connectivity index (χ0v) is 15.3. The van der Waals surface area contributed by atoms with Crippen LogP contribution in [-0.4, -0.2) is 40.1 Å². The summed E-state index contributed by atoms with van der Waals surface area (Å²) in [5.41, 5.74) is 1.18. The highest BCUT2D eigenvalue weighted by molar-refractivity contribution is 7.89. The highest BCUT2D eigenvalue weighted by atomic mass is 32.2. The van der Waals surface area contributed by atoms with Crippen LogP contribution in [0.15, 0.2) is 46.0 Å². The summed E-state index contributed by atoms with van der Waals surface area (Å²) in [4.78, 5) is 2.62. The van der Waals surface area contributed by atoms with E-state index < -0.39 is 10.0 Å². The quantitative estimate of drug-likeness (QED) is 0.819. The van der Waals surface area contributed by atoms with E-state index in [1.54, 1.807) is 42.7 Å². The van der Waals surface area contributed by atoms with Crippen molar-refractivity contribution in [3.8, 4) is 5.75 Å². The first kappa shape index (κ1) is 17.4. The van der Waals surface area contributed by atoms with Crippen molar-refractivity contribution in [2.24, 2.45) is 0 Å². The van der Waals surface area contributed by atoms with Gasteiger partial charge in [0, 0.05) is 12.6 Å². The van der Waals surface area contributed by atoms with Crippen molar-refractivity contribution in [2.45, 2.75) is 23.8 Å². The van der Waals surface area contributed by atoms with Gasteiger partial charge in [-0.2, -0.15) is 11.3 Å². The van der Waals surface area contributed by atoms with E-state index in [4.69, 9.17) is 4.74 Å². The van der Waals surface area contributed by atoms with Crippen LogP contribution >= 0.6 is 11.3 Å². The number of sulfonamides is 1. The summed E-state index contributed by atoms with van der Waals surface area (Å²) in [6.07, 6.45) is 2.34. The van der Waals surface area contributed by atoms with E-state index in [1.165, 1.54) is 18.4 Å². The molecule has 1 saturated heterocycles. The molecule has 0 radical (unpaired) electrons. The van der Waals surface area contributed by atoms with Gasteiger partial charge in [0.1, 0.15) is 5.75 Å². The van der Waals surface area contributed by atoms with Gasteiger partial charge in [-0.1, -0.05) is 0 Å². The Labute approximate surface area is 147 Å². The Morgan fingerprint density at radius 1 is 1.21 bits per heavy atom. The highest BCUT2D eigenvalue weighted by Crippen LogP contribution is 2.26. The van der Waals surface area contributed by atoms with Crippen molar-refractivity contribution < 1.29 is 13.2 Å². The van der Waals surface area contributed by atoms with E-state index in [0.29, 0.717) is 12.3 Å². The lowest BCUT2D eigenvalue weighted by Crippen LogP contribution is -2.36. The summed E-state index contributed by atoms with van der Waals surface area (Å²) in [5, 5.41) is 4.14. The number of hydrogen-bond acceptors (Lipinski definition) is 5. The molecule has 130 valence electrons. The van der Waals surface area contributed by atoms with Crippen molar-refractivity contribution in [3.05, 3.63) is 46.7 Å². The average molecular weight is 367 g/mol. The normalized spacial score (nSPS) is 17.0. The lowest BCUT2D eigenvalue weighted by molar-refractivity contribution is 0.247. The molecule has 0 saturated carbocycles. The molecule has 2 heterocycles. The number of nitrogens with one attached hydrogen (secondary N) is 1. The second-order valence-electron chi connectivity index (χ2n) is 5.84. The largest absolute Gasteiger partial charge is 0.497 e. The van der Waals surface area contributed by atoms with Crippen LogP contribution in [0.4, 0.5) is 0 Å². The maximum Gasteiger partial charge on any atom is 0.240 e. The molecule has 1 aliphatic heterocycles. The van der Waals surface area contributed by atoms with Crippen LogP contribution in [0.25, 0.3) is 0 Å². The Morgan fingerprint density at radius 3 is 2.50 bits per heavy atom. The smallest absolute Gasteiger partial charge is 0.240 e. The number of rotatable bonds is 7. The Bertz CT molecular complexity index is 737. The van der Waals surface area contributed by atoms with Gasteiger partial charge in [0.25, 0.3) is 0 Å². The molecule has 2 aromatic rings. The molecule has 5 nitrogen and oxygen atoms in total. The molecule has 1 aromatic heterocycles. The fourth-order valence-corrected chi connectivity index (χ4v) is 4.75. The van der Waals surface area contributed by atoms with Gasteiger partial charge in [-0.15, -0.1) is 0 Å². The van der Waals surface area contributed by atoms with E-state index in [2.05, 4.69) is 21.1 Å². The molecule has 0 amide bonds. The third-order valence-electron chi connectivity index (χ3n) is 4.35. The zero-order valence-electron chi connectivity index (χ0n) is 13.6. The van der Waals surface area contributed by atoms with Crippen LogP contribution in [0.5, 0.6) is 5.75 Å². The minimum atomic E-state index is -3.53. The maximum absolute atomic E-state index is 12.6. The molecule has 0 spiro atoms. The zero-order chi connectivity index (χ0) is 17.0. The number of thiophene rings is 1. The molecular weight excluding hydrogens is 344 g/mol. The third kappa shape index (κ3) is 3.97. The first-order valence-electron chi connectivity index (χ1n) is 8.00.